The zero-order valence-corrected chi connectivity index (χ0v) is 13.6. The predicted octanol–water partition coefficient (Wildman–Crippen LogP) is 2.67. The van der Waals surface area contributed by atoms with Gasteiger partial charge in [0, 0.05) is 19.2 Å². The normalized spacial score (nSPS) is 15.8. The third kappa shape index (κ3) is 6.49. The van der Waals surface area contributed by atoms with Crippen molar-refractivity contribution in [2.75, 3.05) is 13.1 Å². The van der Waals surface area contributed by atoms with E-state index in [1.807, 2.05) is 12.2 Å². The van der Waals surface area contributed by atoms with E-state index in [9.17, 15) is 17.6 Å². The second-order valence-electron chi connectivity index (χ2n) is 4.81. The van der Waals surface area contributed by atoms with Gasteiger partial charge in [0.1, 0.15) is 0 Å². The fraction of sp³-hybridized carbons (Fsp3) is 0.286. The van der Waals surface area contributed by atoms with Gasteiger partial charge in [-0.15, -0.1) is 25.6 Å². The third-order valence-corrected chi connectivity index (χ3v) is 3.00. The van der Waals surface area contributed by atoms with Crippen LogP contribution in [-0.2, 0) is 0 Å². The molecule has 1 aliphatic rings. The van der Waals surface area contributed by atoms with Crippen molar-refractivity contribution in [3.05, 3.63) is 36.2 Å². The molecule has 2 rings (SSSR count). The molecule has 25 heavy (non-hydrogen) atoms. The number of benzene rings is 1. The van der Waals surface area contributed by atoms with Gasteiger partial charge in [-0.1, -0.05) is 12.2 Å². The van der Waals surface area contributed by atoms with Gasteiger partial charge in [0.05, 0.1) is 5.69 Å². The standard InChI is InChI=1S/C14H15F4N5O.ClH/c15-10-8-9(4-5-11(10)24-14(16,17)18)21-12(19)22-13(20)23-6-2-1-3-7-23;/h1-2,4-5,8H,3,6-7H2,(H4,19,20,21,22);1H. The zero-order chi connectivity index (χ0) is 17.7. The van der Waals surface area contributed by atoms with Gasteiger partial charge in [0.15, 0.2) is 17.5 Å². The average molecular weight is 382 g/mol. The first-order chi connectivity index (χ1) is 11.2. The molecule has 1 aromatic rings. The molecule has 1 aliphatic heterocycles. The van der Waals surface area contributed by atoms with Gasteiger partial charge in [-0.2, -0.15) is 4.99 Å². The predicted molar refractivity (Wildman–Crippen MR) is 88.6 cm³/mol. The summed E-state index contributed by atoms with van der Waals surface area (Å²) in [6.07, 6.45) is -0.228. The Morgan fingerprint density at radius 2 is 1.92 bits per heavy atom. The first kappa shape index (κ1) is 20.6. The number of halogens is 5. The minimum Gasteiger partial charge on any atom is -0.403 e. The van der Waals surface area contributed by atoms with E-state index in [0.29, 0.717) is 13.1 Å². The number of alkyl halides is 3. The number of nitrogens with zero attached hydrogens (tertiary/aromatic N) is 3. The van der Waals surface area contributed by atoms with Crippen molar-refractivity contribution in [3.8, 4) is 5.75 Å². The molecule has 138 valence electrons. The Bertz CT molecular complexity index is 690. The molecule has 0 atom stereocenters. The van der Waals surface area contributed by atoms with Crippen LogP contribution in [0, 0.1) is 5.82 Å². The van der Waals surface area contributed by atoms with Crippen molar-refractivity contribution in [2.45, 2.75) is 12.8 Å². The molecule has 1 aromatic carbocycles. The van der Waals surface area contributed by atoms with Crippen LogP contribution in [0.1, 0.15) is 6.42 Å². The molecule has 0 aromatic heterocycles. The lowest BCUT2D eigenvalue weighted by Gasteiger charge is -2.23. The van der Waals surface area contributed by atoms with E-state index in [-0.39, 0.29) is 30.0 Å². The van der Waals surface area contributed by atoms with Crippen molar-refractivity contribution in [1.82, 2.24) is 4.90 Å². The quantitative estimate of drug-likeness (QED) is 0.357. The zero-order valence-electron chi connectivity index (χ0n) is 12.8. The van der Waals surface area contributed by atoms with Crippen molar-refractivity contribution in [3.63, 3.8) is 0 Å². The van der Waals surface area contributed by atoms with E-state index < -0.39 is 17.9 Å². The van der Waals surface area contributed by atoms with E-state index in [4.69, 9.17) is 11.5 Å². The number of guanidine groups is 2. The maximum atomic E-state index is 13.6. The number of hydrogen-bond acceptors (Lipinski definition) is 2. The molecule has 0 saturated carbocycles. The van der Waals surface area contributed by atoms with Crippen LogP contribution in [0.4, 0.5) is 23.2 Å². The van der Waals surface area contributed by atoms with Gasteiger partial charge in [0.25, 0.3) is 0 Å². The Morgan fingerprint density at radius 3 is 2.48 bits per heavy atom. The molecule has 6 nitrogen and oxygen atoms in total. The fourth-order valence-corrected chi connectivity index (χ4v) is 1.96. The SMILES string of the molecule is Cl.NC(=Nc1ccc(OC(F)(F)F)c(F)c1)N=C(N)N1CC=CCC1. The number of aliphatic imine (C=N–C) groups is 2. The van der Waals surface area contributed by atoms with Crippen LogP contribution in [0.5, 0.6) is 5.75 Å². The van der Waals surface area contributed by atoms with E-state index in [2.05, 4.69) is 14.7 Å². The molecule has 4 N–H and O–H groups in total. The first-order valence-corrected chi connectivity index (χ1v) is 6.88. The summed E-state index contributed by atoms with van der Waals surface area (Å²) < 4.78 is 53.3. The second-order valence-corrected chi connectivity index (χ2v) is 4.81. The van der Waals surface area contributed by atoms with E-state index in [1.54, 1.807) is 4.90 Å². The lowest BCUT2D eigenvalue weighted by molar-refractivity contribution is -0.275. The summed E-state index contributed by atoms with van der Waals surface area (Å²) in [7, 11) is 0. The summed E-state index contributed by atoms with van der Waals surface area (Å²) in [5.41, 5.74) is 11.4. The highest BCUT2D eigenvalue weighted by Gasteiger charge is 2.32. The largest absolute Gasteiger partial charge is 0.573 e. The maximum Gasteiger partial charge on any atom is 0.573 e. The van der Waals surface area contributed by atoms with E-state index >= 15 is 0 Å². The first-order valence-electron chi connectivity index (χ1n) is 6.88. The van der Waals surface area contributed by atoms with Gasteiger partial charge < -0.3 is 21.1 Å². The summed E-state index contributed by atoms with van der Waals surface area (Å²) in [5, 5.41) is 0. The topological polar surface area (TPSA) is 89.2 Å². The molecule has 0 aliphatic carbocycles. The molecule has 0 unspecified atom stereocenters. The summed E-state index contributed by atoms with van der Waals surface area (Å²) >= 11 is 0. The van der Waals surface area contributed by atoms with E-state index in [1.165, 1.54) is 0 Å². The monoisotopic (exact) mass is 381 g/mol. The number of nitrogens with two attached hydrogens (primary N) is 2. The van der Waals surface area contributed by atoms with Crippen LogP contribution in [0.3, 0.4) is 0 Å². The lowest BCUT2D eigenvalue weighted by atomic mass is 10.3. The molecule has 0 radical (unpaired) electrons. The van der Waals surface area contributed by atoms with Gasteiger partial charge >= 0.3 is 6.36 Å². The smallest absolute Gasteiger partial charge is 0.403 e. The highest BCUT2D eigenvalue weighted by Crippen LogP contribution is 2.28. The Hall–Kier alpha value is -2.49. The Morgan fingerprint density at radius 1 is 1.20 bits per heavy atom. The van der Waals surface area contributed by atoms with Crippen LogP contribution in [0.25, 0.3) is 0 Å². The lowest BCUT2D eigenvalue weighted by Crippen LogP contribution is -2.40. The van der Waals surface area contributed by atoms with Crippen molar-refractivity contribution >= 4 is 30.0 Å². The Kier molecular flexibility index (Phi) is 7.04. The highest BCUT2D eigenvalue weighted by atomic mass is 35.5. The fourth-order valence-electron chi connectivity index (χ4n) is 1.96. The summed E-state index contributed by atoms with van der Waals surface area (Å²) in [5.74, 6) is -2.27. The van der Waals surface area contributed by atoms with E-state index in [0.717, 1.165) is 24.6 Å². The minimum absolute atomic E-state index is 0. The highest BCUT2D eigenvalue weighted by molar-refractivity contribution is 5.94. The molecule has 11 heteroatoms. The second kappa shape index (κ2) is 8.56. The Balaban J connectivity index is 0.00000312. The van der Waals surface area contributed by atoms with Gasteiger partial charge in [-0.05, 0) is 18.6 Å². The van der Waals surface area contributed by atoms with Crippen LogP contribution < -0.4 is 16.2 Å². The number of rotatable bonds is 2. The Labute approximate surface area is 147 Å². The van der Waals surface area contributed by atoms with Crippen LogP contribution in [-0.4, -0.2) is 36.3 Å². The van der Waals surface area contributed by atoms with Crippen molar-refractivity contribution in [1.29, 1.82) is 0 Å². The maximum absolute atomic E-state index is 13.6. The number of hydrogen-bond donors (Lipinski definition) is 2. The molecule has 0 spiro atoms. The molecule has 0 fully saturated rings. The average Bonchev–Trinajstić information content (AvgIpc) is 2.49. The summed E-state index contributed by atoms with van der Waals surface area (Å²) in [6, 6.07) is 2.67. The molecule has 0 saturated heterocycles. The molecule has 1 heterocycles. The summed E-state index contributed by atoms with van der Waals surface area (Å²) in [6.45, 7) is 1.26. The van der Waals surface area contributed by atoms with Crippen LogP contribution in [0.15, 0.2) is 40.3 Å². The van der Waals surface area contributed by atoms with Gasteiger partial charge in [-0.3, -0.25) is 0 Å². The third-order valence-electron chi connectivity index (χ3n) is 3.00. The van der Waals surface area contributed by atoms with Crippen molar-refractivity contribution < 1.29 is 22.3 Å². The van der Waals surface area contributed by atoms with Gasteiger partial charge in [0.2, 0.25) is 5.96 Å². The molecule has 0 amide bonds. The van der Waals surface area contributed by atoms with Crippen LogP contribution in [0.2, 0.25) is 0 Å². The molecule has 0 bridgehead atoms. The summed E-state index contributed by atoms with van der Waals surface area (Å²) in [4.78, 5) is 9.45. The minimum atomic E-state index is -4.98. The molecular weight excluding hydrogens is 366 g/mol. The number of ether oxygens (including phenoxy) is 1. The molecular formula is C14H16ClF4N5O. The van der Waals surface area contributed by atoms with Gasteiger partial charge in [-0.25, -0.2) is 9.38 Å². The van der Waals surface area contributed by atoms with Crippen LogP contribution >= 0.6 is 12.4 Å². The van der Waals surface area contributed by atoms with Crippen molar-refractivity contribution in [2.24, 2.45) is 21.5 Å².